The van der Waals surface area contributed by atoms with Crippen molar-refractivity contribution in [1.29, 1.82) is 0 Å². The lowest BCUT2D eigenvalue weighted by atomic mass is 10.1. The number of nitrogens with zero attached hydrogens (tertiary/aromatic N) is 1. The molecule has 0 saturated carbocycles. The average Bonchev–Trinajstić information content (AvgIpc) is 2.50. The Morgan fingerprint density at radius 3 is 2.83 bits per heavy atom. The molecule has 0 aromatic heterocycles. The molecule has 0 bridgehead atoms. The van der Waals surface area contributed by atoms with Gasteiger partial charge in [-0.3, -0.25) is 14.5 Å². The predicted octanol–water partition coefficient (Wildman–Crippen LogP) is 0.479. The van der Waals surface area contributed by atoms with Gasteiger partial charge in [-0.1, -0.05) is 13.8 Å². The highest BCUT2D eigenvalue weighted by molar-refractivity contribution is 5.97. The number of imide groups is 1. The van der Waals surface area contributed by atoms with Crippen LogP contribution in [0.25, 0.3) is 0 Å². The third-order valence-electron chi connectivity index (χ3n) is 2.86. The molecule has 1 aliphatic heterocycles. The zero-order valence-corrected chi connectivity index (χ0v) is 10.9. The van der Waals surface area contributed by atoms with Crippen molar-refractivity contribution in [2.24, 2.45) is 5.92 Å². The SMILES string of the molecule is CC(C)CNC(=O)N1CCCC[C@H](NC=O)C1=O. The molecule has 1 rings (SSSR count). The van der Waals surface area contributed by atoms with Crippen LogP contribution in [0.1, 0.15) is 33.1 Å². The van der Waals surface area contributed by atoms with Crippen molar-refractivity contribution < 1.29 is 14.4 Å². The smallest absolute Gasteiger partial charge is 0.324 e. The topological polar surface area (TPSA) is 78.5 Å². The number of carbonyl (C=O) groups is 3. The number of likely N-dealkylation sites (tertiary alicyclic amines) is 1. The molecular weight excluding hydrogens is 234 g/mol. The van der Waals surface area contributed by atoms with E-state index >= 15 is 0 Å². The van der Waals surface area contributed by atoms with Gasteiger partial charge in [0.2, 0.25) is 6.41 Å². The molecule has 4 amide bonds. The van der Waals surface area contributed by atoms with Crippen LogP contribution in [0.15, 0.2) is 0 Å². The molecular formula is C12H21N3O3. The van der Waals surface area contributed by atoms with Crippen LogP contribution in [0.5, 0.6) is 0 Å². The first-order valence-corrected chi connectivity index (χ1v) is 6.35. The second kappa shape index (κ2) is 6.98. The Morgan fingerprint density at radius 1 is 1.50 bits per heavy atom. The molecule has 18 heavy (non-hydrogen) atoms. The molecule has 6 heteroatoms. The molecule has 0 radical (unpaired) electrons. The Bertz CT molecular complexity index is 318. The summed E-state index contributed by atoms with van der Waals surface area (Å²) < 4.78 is 0. The molecule has 0 unspecified atom stereocenters. The van der Waals surface area contributed by atoms with Crippen LogP contribution >= 0.6 is 0 Å². The van der Waals surface area contributed by atoms with Crippen LogP contribution < -0.4 is 10.6 Å². The van der Waals surface area contributed by atoms with Gasteiger partial charge in [-0.15, -0.1) is 0 Å². The summed E-state index contributed by atoms with van der Waals surface area (Å²) in [5, 5.41) is 5.19. The van der Waals surface area contributed by atoms with Gasteiger partial charge in [-0.2, -0.15) is 0 Å². The van der Waals surface area contributed by atoms with E-state index in [9.17, 15) is 14.4 Å². The molecule has 0 aromatic rings. The normalized spacial score (nSPS) is 20.5. The van der Waals surface area contributed by atoms with E-state index in [1.54, 1.807) is 0 Å². The van der Waals surface area contributed by atoms with Gasteiger partial charge in [-0.05, 0) is 25.2 Å². The van der Waals surface area contributed by atoms with Gasteiger partial charge >= 0.3 is 6.03 Å². The zero-order chi connectivity index (χ0) is 13.5. The van der Waals surface area contributed by atoms with Gasteiger partial charge in [0.25, 0.3) is 5.91 Å². The van der Waals surface area contributed by atoms with Gasteiger partial charge < -0.3 is 10.6 Å². The van der Waals surface area contributed by atoms with Gasteiger partial charge in [0, 0.05) is 13.1 Å². The van der Waals surface area contributed by atoms with Crippen molar-refractivity contribution in [2.45, 2.75) is 39.2 Å². The molecule has 6 nitrogen and oxygen atoms in total. The second-order valence-corrected chi connectivity index (χ2v) is 4.90. The molecule has 1 atom stereocenters. The Hall–Kier alpha value is -1.59. The Kier molecular flexibility index (Phi) is 5.61. The highest BCUT2D eigenvalue weighted by Crippen LogP contribution is 2.12. The Balaban J connectivity index is 2.63. The summed E-state index contributed by atoms with van der Waals surface area (Å²) >= 11 is 0. The van der Waals surface area contributed by atoms with Crippen molar-refractivity contribution in [1.82, 2.24) is 15.5 Å². The van der Waals surface area contributed by atoms with Gasteiger partial charge in [0.15, 0.2) is 0 Å². The maximum atomic E-state index is 12.1. The van der Waals surface area contributed by atoms with E-state index in [2.05, 4.69) is 10.6 Å². The summed E-state index contributed by atoms with van der Waals surface area (Å²) in [4.78, 5) is 35.6. The van der Waals surface area contributed by atoms with Crippen molar-refractivity contribution in [3.05, 3.63) is 0 Å². The molecule has 0 spiro atoms. The Labute approximate surface area is 107 Å². The minimum atomic E-state index is -0.574. The van der Waals surface area contributed by atoms with E-state index < -0.39 is 6.04 Å². The Morgan fingerprint density at radius 2 is 2.22 bits per heavy atom. The average molecular weight is 255 g/mol. The summed E-state index contributed by atoms with van der Waals surface area (Å²) in [5.74, 6) is 0.0146. The van der Waals surface area contributed by atoms with Crippen LogP contribution in [-0.2, 0) is 9.59 Å². The van der Waals surface area contributed by atoms with Crippen molar-refractivity contribution >= 4 is 18.3 Å². The van der Waals surface area contributed by atoms with Crippen LogP contribution in [0, 0.1) is 5.92 Å². The standard InChI is InChI=1S/C12H21N3O3/c1-9(2)7-13-12(18)15-6-4-3-5-10(11(15)17)14-8-16/h8-10H,3-7H2,1-2H3,(H,13,18)(H,14,16)/t10-/m0/s1. The number of nitrogens with one attached hydrogen (secondary N) is 2. The van der Waals surface area contributed by atoms with Crippen LogP contribution in [0.3, 0.4) is 0 Å². The lowest BCUT2D eigenvalue weighted by molar-refractivity contribution is -0.131. The van der Waals surface area contributed by atoms with Gasteiger partial charge in [0.1, 0.15) is 6.04 Å². The maximum Gasteiger partial charge on any atom is 0.324 e. The summed E-state index contributed by atoms with van der Waals surface area (Å²) in [6, 6.07) is -0.942. The second-order valence-electron chi connectivity index (χ2n) is 4.90. The number of carbonyl (C=O) groups excluding carboxylic acids is 3. The molecule has 0 aromatic carbocycles. The number of rotatable bonds is 4. The third-order valence-corrected chi connectivity index (χ3v) is 2.86. The molecule has 1 aliphatic rings. The minimum Gasteiger partial charge on any atom is -0.347 e. The largest absolute Gasteiger partial charge is 0.347 e. The zero-order valence-electron chi connectivity index (χ0n) is 10.9. The summed E-state index contributed by atoms with van der Waals surface area (Å²) in [6.07, 6.45) is 2.70. The minimum absolute atomic E-state index is 0.319. The first-order valence-electron chi connectivity index (χ1n) is 6.35. The summed E-state index contributed by atoms with van der Waals surface area (Å²) in [6.45, 7) is 4.93. The van der Waals surface area contributed by atoms with Crippen molar-refractivity contribution in [2.75, 3.05) is 13.1 Å². The van der Waals surface area contributed by atoms with Crippen LogP contribution in [0.4, 0.5) is 4.79 Å². The van der Waals surface area contributed by atoms with E-state index in [1.165, 1.54) is 4.90 Å². The fourth-order valence-corrected chi connectivity index (χ4v) is 1.87. The number of hydrogen-bond donors (Lipinski definition) is 2. The monoisotopic (exact) mass is 255 g/mol. The lowest BCUT2D eigenvalue weighted by Gasteiger charge is -2.23. The maximum absolute atomic E-state index is 12.1. The van der Waals surface area contributed by atoms with Gasteiger partial charge in [-0.25, -0.2) is 4.79 Å². The molecule has 1 heterocycles. The van der Waals surface area contributed by atoms with E-state index in [0.717, 1.165) is 12.8 Å². The van der Waals surface area contributed by atoms with Crippen molar-refractivity contribution in [3.8, 4) is 0 Å². The van der Waals surface area contributed by atoms with E-state index in [-0.39, 0.29) is 11.9 Å². The quantitative estimate of drug-likeness (QED) is 0.717. The lowest BCUT2D eigenvalue weighted by Crippen LogP contribution is -2.51. The van der Waals surface area contributed by atoms with E-state index in [4.69, 9.17) is 0 Å². The van der Waals surface area contributed by atoms with Crippen LogP contribution in [0.2, 0.25) is 0 Å². The highest BCUT2D eigenvalue weighted by Gasteiger charge is 2.30. The number of amides is 4. The molecule has 0 aliphatic carbocycles. The van der Waals surface area contributed by atoms with Crippen LogP contribution in [-0.4, -0.2) is 42.4 Å². The fourth-order valence-electron chi connectivity index (χ4n) is 1.87. The molecule has 1 fully saturated rings. The van der Waals surface area contributed by atoms with E-state index in [1.807, 2.05) is 13.8 Å². The highest BCUT2D eigenvalue weighted by atomic mass is 16.2. The third kappa shape index (κ3) is 4.01. The van der Waals surface area contributed by atoms with Gasteiger partial charge in [0.05, 0.1) is 0 Å². The van der Waals surface area contributed by atoms with Crippen molar-refractivity contribution in [3.63, 3.8) is 0 Å². The molecule has 2 N–H and O–H groups in total. The fraction of sp³-hybridized carbons (Fsp3) is 0.750. The molecule has 102 valence electrons. The predicted molar refractivity (Wildman–Crippen MR) is 66.8 cm³/mol. The summed E-state index contributed by atoms with van der Waals surface area (Å²) in [7, 11) is 0. The number of urea groups is 1. The summed E-state index contributed by atoms with van der Waals surface area (Å²) in [5.41, 5.74) is 0. The van der Waals surface area contributed by atoms with E-state index in [0.29, 0.717) is 31.8 Å². The molecule has 1 saturated heterocycles. The first kappa shape index (κ1) is 14.5. The number of hydrogen-bond acceptors (Lipinski definition) is 3. The first-order chi connectivity index (χ1) is 8.56.